The van der Waals surface area contributed by atoms with E-state index in [-0.39, 0.29) is 17.2 Å². The minimum atomic E-state index is -0.767. The van der Waals surface area contributed by atoms with Gasteiger partial charge in [0.2, 0.25) is 0 Å². The summed E-state index contributed by atoms with van der Waals surface area (Å²) in [4.78, 5) is 37.6. The van der Waals surface area contributed by atoms with Crippen molar-refractivity contribution < 1.29 is 19.2 Å². The molecule has 3 aromatic carbocycles. The van der Waals surface area contributed by atoms with Crippen LogP contribution < -0.4 is 20.7 Å². The summed E-state index contributed by atoms with van der Waals surface area (Å²) in [6.07, 6.45) is 1.43. The molecular weight excluding hydrogens is 512 g/mol. The molecule has 5 rings (SSSR count). The smallest absolute Gasteiger partial charge is 0.269 e. The van der Waals surface area contributed by atoms with E-state index in [0.29, 0.717) is 39.8 Å². The molecule has 4 aromatic rings. The number of non-ortho nitro benzene ring substituents is 1. The van der Waals surface area contributed by atoms with E-state index in [1.165, 1.54) is 18.3 Å². The second-order valence-corrected chi connectivity index (χ2v) is 9.27. The number of nitro benzene ring substituents is 1. The fraction of sp³-hybridized carbons (Fsp3) is 0.138. The molecule has 0 spiro atoms. The Morgan fingerprint density at radius 1 is 0.925 bits per heavy atom. The fourth-order valence-corrected chi connectivity index (χ4v) is 4.51. The number of benzene rings is 3. The van der Waals surface area contributed by atoms with E-state index in [4.69, 9.17) is 4.74 Å². The van der Waals surface area contributed by atoms with Crippen LogP contribution in [0.1, 0.15) is 34.5 Å². The number of ether oxygens (including phenoxy) is 1. The number of rotatable bonds is 7. The molecule has 0 saturated heterocycles. The zero-order valence-electron chi connectivity index (χ0n) is 22.0. The van der Waals surface area contributed by atoms with Gasteiger partial charge in [0.15, 0.2) is 0 Å². The molecule has 0 saturated carbocycles. The Morgan fingerprint density at radius 2 is 1.52 bits per heavy atom. The molecule has 2 heterocycles. The number of nitrogens with zero attached hydrogens (tertiary/aromatic N) is 3. The highest BCUT2D eigenvalue weighted by Crippen LogP contribution is 2.38. The molecule has 202 valence electrons. The molecule has 1 atom stereocenters. The molecule has 0 fully saturated rings. The number of hydrogen-bond donors (Lipinski definition) is 3. The lowest BCUT2D eigenvalue weighted by Crippen LogP contribution is -2.32. The summed E-state index contributed by atoms with van der Waals surface area (Å²) < 4.78 is 6.73. The molecule has 0 aliphatic carbocycles. The van der Waals surface area contributed by atoms with Gasteiger partial charge in [-0.15, -0.1) is 0 Å². The number of aromatic nitrogens is 2. The zero-order chi connectivity index (χ0) is 28.4. The van der Waals surface area contributed by atoms with Crippen molar-refractivity contribution in [3.63, 3.8) is 0 Å². The van der Waals surface area contributed by atoms with Crippen molar-refractivity contribution in [2.45, 2.75) is 19.9 Å². The van der Waals surface area contributed by atoms with E-state index in [0.717, 1.165) is 5.56 Å². The monoisotopic (exact) mass is 538 g/mol. The highest BCUT2D eigenvalue weighted by Gasteiger charge is 2.35. The third-order valence-electron chi connectivity index (χ3n) is 6.59. The van der Waals surface area contributed by atoms with E-state index >= 15 is 0 Å². The summed E-state index contributed by atoms with van der Waals surface area (Å²) in [5.41, 5.74) is 3.87. The van der Waals surface area contributed by atoms with Gasteiger partial charge in [-0.05, 0) is 67.9 Å². The third kappa shape index (κ3) is 5.12. The van der Waals surface area contributed by atoms with Gasteiger partial charge < -0.3 is 20.7 Å². The summed E-state index contributed by atoms with van der Waals surface area (Å²) in [7, 11) is 1.56. The van der Waals surface area contributed by atoms with Gasteiger partial charge in [0, 0.05) is 29.2 Å². The van der Waals surface area contributed by atoms with E-state index in [1.807, 2.05) is 31.2 Å². The third-order valence-corrected chi connectivity index (χ3v) is 6.59. The van der Waals surface area contributed by atoms with Crippen molar-refractivity contribution in [2.75, 3.05) is 23.1 Å². The van der Waals surface area contributed by atoms with Crippen LogP contribution in [0, 0.1) is 17.0 Å². The van der Waals surface area contributed by atoms with Gasteiger partial charge in [0.05, 0.1) is 23.8 Å². The average molecular weight is 539 g/mol. The summed E-state index contributed by atoms with van der Waals surface area (Å²) in [6.45, 7) is 3.69. The number of nitrogens with one attached hydrogen (secondary N) is 3. The lowest BCUT2D eigenvalue weighted by Gasteiger charge is -2.30. The van der Waals surface area contributed by atoms with Crippen LogP contribution in [0.5, 0.6) is 5.75 Å². The molecular formula is C29H26N6O5. The Balaban J connectivity index is 1.53. The first-order chi connectivity index (χ1) is 19.2. The van der Waals surface area contributed by atoms with Gasteiger partial charge in [0.25, 0.3) is 17.5 Å². The van der Waals surface area contributed by atoms with Crippen LogP contribution in [0.15, 0.2) is 90.3 Å². The molecule has 11 nitrogen and oxygen atoms in total. The average Bonchev–Trinajstić information content (AvgIpc) is 3.37. The molecule has 0 radical (unpaired) electrons. The number of hydrogen-bond acceptors (Lipinski definition) is 7. The number of fused-ring (bicyclic) bond motifs is 1. The standard InChI is InChI=1S/C29H26N6O5/c1-17-4-8-20(9-5-17)32-28(36)24-16-30-34-26(19-6-12-22(13-7-19)35(38)39)25(18(2)31-27(24)34)29(37)33-21-10-14-23(40-3)15-11-21/h4-16,26,31H,1-3H3,(H,32,36)(H,33,37)/t26-/m1/s1. The van der Waals surface area contributed by atoms with Gasteiger partial charge in [-0.1, -0.05) is 17.7 Å². The lowest BCUT2D eigenvalue weighted by molar-refractivity contribution is -0.384. The summed E-state index contributed by atoms with van der Waals surface area (Å²) in [5, 5.41) is 24.7. The van der Waals surface area contributed by atoms with E-state index in [2.05, 4.69) is 21.0 Å². The molecule has 1 aliphatic heterocycles. The highest BCUT2D eigenvalue weighted by atomic mass is 16.6. The molecule has 1 aliphatic rings. The fourth-order valence-electron chi connectivity index (χ4n) is 4.51. The van der Waals surface area contributed by atoms with Crippen molar-refractivity contribution in [1.29, 1.82) is 0 Å². The number of nitro groups is 1. The Bertz CT molecular complexity index is 1620. The molecule has 3 N–H and O–H groups in total. The Morgan fingerprint density at radius 3 is 2.12 bits per heavy atom. The van der Waals surface area contributed by atoms with Crippen LogP contribution in [0.25, 0.3) is 0 Å². The summed E-state index contributed by atoms with van der Waals surface area (Å²) in [5.74, 6) is 0.268. The molecule has 1 aromatic heterocycles. The largest absolute Gasteiger partial charge is 0.497 e. The number of anilines is 3. The molecule has 0 unspecified atom stereocenters. The number of amides is 2. The van der Waals surface area contributed by atoms with Crippen LogP contribution in [0.4, 0.5) is 22.9 Å². The van der Waals surface area contributed by atoms with Crippen molar-refractivity contribution in [3.05, 3.63) is 117 Å². The van der Waals surface area contributed by atoms with Gasteiger partial charge in [-0.2, -0.15) is 5.10 Å². The topological polar surface area (TPSA) is 140 Å². The molecule has 0 bridgehead atoms. The van der Waals surface area contributed by atoms with Crippen molar-refractivity contribution in [1.82, 2.24) is 9.78 Å². The van der Waals surface area contributed by atoms with Crippen molar-refractivity contribution >= 4 is 34.7 Å². The number of carbonyl (C=O) groups excluding carboxylic acids is 2. The summed E-state index contributed by atoms with van der Waals surface area (Å²) in [6, 6.07) is 19.5. The number of carbonyl (C=O) groups is 2. The predicted octanol–water partition coefficient (Wildman–Crippen LogP) is 5.29. The van der Waals surface area contributed by atoms with Gasteiger partial charge in [-0.3, -0.25) is 19.7 Å². The normalized spacial score (nSPS) is 14.1. The van der Waals surface area contributed by atoms with Crippen LogP contribution in [0.2, 0.25) is 0 Å². The van der Waals surface area contributed by atoms with E-state index in [1.54, 1.807) is 55.1 Å². The van der Waals surface area contributed by atoms with Gasteiger partial charge >= 0.3 is 0 Å². The second-order valence-electron chi connectivity index (χ2n) is 9.27. The quantitative estimate of drug-likeness (QED) is 0.215. The van der Waals surface area contributed by atoms with Gasteiger partial charge in [0.1, 0.15) is 23.2 Å². The first kappa shape index (κ1) is 26.2. The maximum absolute atomic E-state index is 13.6. The highest BCUT2D eigenvalue weighted by molar-refractivity contribution is 6.09. The van der Waals surface area contributed by atoms with Crippen molar-refractivity contribution in [3.8, 4) is 5.75 Å². The first-order valence-corrected chi connectivity index (χ1v) is 12.4. The Hall–Kier alpha value is -5.45. The van der Waals surface area contributed by atoms with Crippen LogP contribution in [-0.4, -0.2) is 33.6 Å². The first-order valence-electron chi connectivity index (χ1n) is 12.4. The van der Waals surface area contributed by atoms with Crippen molar-refractivity contribution in [2.24, 2.45) is 0 Å². The minimum absolute atomic E-state index is 0.0820. The van der Waals surface area contributed by atoms with E-state index in [9.17, 15) is 19.7 Å². The predicted molar refractivity (Wildman–Crippen MR) is 151 cm³/mol. The van der Waals surface area contributed by atoms with Gasteiger partial charge in [-0.25, -0.2) is 4.68 Å². The minimum Gasteiger partial charge on any atom is -0.497 e. The number of methoxy groups -OCH3 is 1. The maximum atomic E-state index is 13.6. The molecule has 2 amide bonds. The Kier molecular flexibility index (Phi) is 7.02. The SMILES string of the molecule is COc1ccc(NC(=O)C2=C(C)Nc3c(C(=O)Nc4ccc(C)cc4)cnn3[C@@H]2c2ccc([N+](=O)[O-])cc2)cc1. The van der Waals surface area contributed by atoms with Crippen LogP contribution >= 0.6 is 0 Å². The zero-order valence-corrected chi connectivity index (χ0v) is 22.0. The summed E-state index contributed by atoms with van der Waals surface area (Å²) >= 11 is 0. The lowest BCUT2D eigenvalue weighted by atomic mass is 9.94. The Labute approximate surface area is 229 Å². The maximum Gasteiger partial charge on any atom is 0.269 e. The van der Waals surface area contributed by atoms with Crippen LogP contribution in [-0.2, 0) is 4.79 Å². The number of allylic oxidation sites excluding steroid dienone is 1. The second kappa shape index (κ2) is 10.7. The molecule has 40 heavy (non-hydrogen) atoms. The molecule has 11 heteroatoms. The van der Waals surface area contributed by atoms with E-state index < -0.39 is 16.9 Å². The number of aryl methyl sites for hydroxylation is 1. The van der Waals surface area contributed by atoms with Crippen LogP contribution in [0.3, 0.4) is 0 Å².